The number of hydrogen-bond acceptors (Lipinski definition) is 6. The molecule has 4 N–H and O–H groups in total. The number of nitrogens with zero attached hydrogens (tertiary/aromatic N) is 2. The molecule has 8 heteroatoms. The van der Waals surface area contributed by atoms with Crippen LogP contribution in [-0.4, -0.2) is 40.4 Å². The highest BCUT2D eigenvalue weighted by atomic mass is 31.2. The van der Waals surface area contributed by atoms with Gasteiger partial charge in [-0.25, -0.2) is 9.97 Å². The summed E-state index contributed by atoms with van der Waals surface area (Å²) in [4.78, 5) is 12.6. The lowest BCUT2D eigenvalue weighted by Gasteiger charge is -2.27. The maximum absolute atomic E-state index is 13.5. The molecule has 2 aromatic heterocycles. The van der Waals surface area contributed by atoms with Crippen molar-refractivity contribution in [2.75, 3.05) is 24.8 Å². The molecule has 1 aliphatic rings. The van der Waals surface area contributed by atoms with Gasteiger partial charge < -0.3 is 25.3 Å². The zero-order chi connectivity index (χ0) is 23.0. The van der Waals surface area contributed by atoms with Crippen molar-refractivity contribution in [1.29, 1.82) is 0 Å². The minimum atomic E-state index is -2.44. The monoisotopic (exact) mass is 461 g/mol. The number of hydrogen-bond donors (Lipinski definition) is 3. The molecular weight excluding hydrogens is 433 g/mol. The SMILES string of the molecule is COc1cc([P@]2(=O)CC[C@H](N)CC2)ccc1Nc1ncc(C)c(-c2c[nH]c3ccccc23)n1. The second-order valence-electron chi connectivity index (χ2n) is 8.66. The quantitative estimate of drug-likeness (QED) is 0.369. The Bertz CT molecular complexity index is 1350. The van der Waals surface area contributed by atoms with E-state index in [1.54, 1.807) is 7.11 Å². The fourth-order valence-electron chi connectivity index (χ4n) is 4.46. The van der Waals surface area contributed by atoms with Gasteiger partial charge in [-0.1, -0.05) is 18.2 Å². The highest BCUT2D eigenvalue weighted by Gasteiger charge is 2.30. The number of aryl methyl sites for hydroxylation is 1. The zero-order valence-corrected chi connectivity index (χ0v) is 19.7. The number of para-hydroxylation sites is 1. The van der Waals surface area contributed by atoms with Crippen LogP contribution in [0.25, 0.3) is 22.2 Å². The predicted molar refractivity (Wildman–Crippen MR) is 135 cm³/mol. The summed E-state index contributed by atoms with van der Waals surface area (Å²) >= 11 is 0. The van der Waals surface area contributed by atoms with E-state index in [0.717, 1.165) is 51.6 Å². The first-order valence-corrected chi connectivity index (χ1v) is 13.2. The third-order valence-electron chi connectivity index (χ3n) is 6.44. The van der Waals surface area contributed by atoms with Gasteiger partial charge >= 0.3 is 0 Å². The van der Waals surface area contributed by atoms with E-state index in [2.05, 4.69) is 21.4 Å². The van der Waals surface area contributed by atoms with Gasteiger partial charge in [0.25, 0.3) is 0 Å². The van der Waals surface area contributed by atoms with Crippen molar-refractivity contribution in [1.82, 2.24) is 15.0 Å². The Balaban J connectivity index is 1.46. The van der Waals surface area contributed by atoms with Gasteiger partial charge in [0.2, 0.25) is 5.95 Å². The smallest absolute Gasteiger partial charge is 0.227 e. The lowest BCUT2D eigenvalue weighted by atomic mass is 10.1. The number of fused-ring (bicyclic) bond motifs is 1. The molecule has 7 nitrogen and oxygen atoms in total. The molecule has 0 aliphatic carbocycles. The Labute approximate surface area is 193 Å². The van der Waals surface area contributed by atoms with Crippen LogP contribution in [0.15, 0.2) is 54.9 Å². The topological polar surface area (TPSA) is 106 Å². The second kappa shape index (κ2) is 8.65. The standard InChI is InChI=1S/C25H28N5O2P/c1-16-14-28-25(30-24(16)20-15-27-21-6-4-3-5-19(20)21)29-22-8-7-18(13-23(22)32-2)33(31)11-9-17(26)10-12-33/h3-8,13-15,17,27H,9-12,26H2,1-2H3,(H,28,29,30)/t17-,33-. The van der Waals surface area contributed by atoms with Crippen LogP contribution in [0.5, 0.6) is 5.75 Å². The Morgan fingerprint density at radius 1 is 1.18 bits per heavy atom. The molecular formula is C25H28N5O2P. The number of nitrogens with one attached hydrogen (secondary N) is 2. The van der Waals surface area contributed by atoms with Crippen LogP contribution in [0.4, 0.5) is 11.6 Å². The van der Waals surface area contributed by atoms with Crippen molar-refractivity contribution >= 4 is 35.0 Å². The molecule has 1 aliphatic heterocycles. The first kappa shape index (κ1) is 21.7. The summed E-state index contributed by atoms with van der Waals surface area (Å²) in [5.74, 6) is 1.10. The molecule has 4 aromatic rings. The third-order valence-corrected chi connectivity index (χ3v) is 9.62. The van der Waals surface area contributed by atoms with Crippen LogP contribution in [0.3, 0.4) is 0 Å². The van der Waals surface area contributed by atoms with E-state index in [9.17, 15) is 4.57 Å². The molecule has 0 amide bonds. The summed E-state index contributed by atoms with van der Waals surface area (Å²) < 4.78 is 19.1. The van der Waals surface area contributed by atoms with Gasteiger partial charge in [0, 0.05) is 52.5 Å². The van der Waals surface area contributed by atoms with Crippen molar-refractivity contribution in [2.45, 2.75) is 25.8 Å². The Morgan fingerprint density at radius 3 is 2.76 bits per heavy atom. The van der Waals surface area contributed by atoms with E-state index in [-0.39, 0.29) is 6.04 Å². The van der Waals surface area contributed by atoms with Gasteiger partial charge in [0.15, 0.2) is 0 Å². The lowest BCUT2D eigenvalue weighted by Crippen LogP contribution is -2.29. The summed E-state index contributed by atoms with van der Waals surface area (Å²) in [6.45, 7) is 2.00. The molecule has 5 rings (SSSR count). The van der Waals surface area contributed by atoms with E-state index in [1.165, 1.54) is 0 Å². The van der Waals surface area contributed by atoms with Gasteiger partial charge in [-0.05, 0) is 49.6 Å². The van der Waals surface area contributed by atoms with Gasteiger partial charge in [0.1, 0.15) is 12.9 Å². The van der Waals surface area contributed by atoms with Crippen molar-refractivity contribution in [3.05, 3.63) is 60.4 Å². The van der Waals surface area contributed by atoms with Gasteiger partial charge in [-0.15, -0.1) is 0 Å². The molecule has 0 unspecified atom stereocenters. The summed E-state index contributed by atoms with van der Waals surface area (Å²) in [5.41, 5.74) is 10.7. The number of benzene rings is 2. The predicted octanol–water partition coefficient (Wildman–Crippen LogP) is 4.80. The molecule has 0 atom stereocenters. The summed E-state index contributed by atoms with van der Waals surface area (Å²) in [5, 5.41) is 5.25. The number of nitrogens with two attached hydrogens (primary N) is 1. The average Bonchev–Trinajstić information content (AvgIpc) is 3.26. The van der Waals surface area contributed by atoms with E-state index < -0.39 is 7.14 Å². The molecule has 0 bridgehead atoms. The number of H-pyrrole nitrogens is 1. The normalized spacial score (nSPS) is 20.6. The molecule has 1 saturated heterocycles. The molecule has 0 radical (unpaired) electrons. The van der Waals surface area contributed by atoms with Crippen molar-refractivity contribution in [3.63, 3.8) is 0 Å². The number of aromatic amines is 1. The number of anilines is 2. The molecule has 1 fully saturated rings. The van der Waals surface area contributed by atoms with E-state index in [0.29, 0.717) is 24.0 Å². The Hall–Kier alpha value is -3.15. The van der Waals surface area contributed by atoms with Crippen molar-refractivity contribution in [3.8, 4) is 17.0 Å². The molecule has 170 valence electrons. The van der Waals surface area contributed by atoms with E-state index in [1.807, 2.05) is 55.7 Å². The van der Waals surface area contributed by atoms with Crippen LogP contribution in [0.2, 0.25) is 0 Å². The lowest BCUT2D eigenvalue weighted by molar-refractivity contribution is 0.417. The maximum atomic E-state index is 13.5. The summed E-state index contributed by atoms with van der Waals surface area (Å²) in [7, 11) is -0.823. The van der Waals surface area contributed by atoms with E-state index >= 15 is 0 Å². The van der Waals surface area contributed by atoms with E-state index in [4.69, 9.17) is 15.5 Å². The minimum absolute atomic E-state index is 0.153. The highest BCUT2D eigenvalue weighted by molar-refractivity contribution is 7.71. The highest BCUT2D eigenvalue weighted by Crippen LogP contribution is 2.50. The fraction of sp³-hybridized carbons (Fsp3) is 0.280. The van der Waals surface area contributed by atoms with Gasteiger partial charge in [0.05, 0.1) is 18.5 Å². The Morgan fingerprint density at radius 2 is 1.97 bits per heavy atom. The van der Waals surface area contributed by atoms with Crippen LogP contribution >= 0.6 is 7.14 Å². The van der Waals surface area contributed by atoms with Crippen LogP contribution in [-0.2, 0) is 4.57 Å². The third kappa shape index (κ3) is 4.14. The van der Waals surface area contributed by atoms with Crippen LogP contribution in [0.1, 0.15) is 18.4 Å². The largest absolute Gasteiger partial charge is 0.495 e. The number of methoxy groups -OCH3 is 1. The molecule has 33 heavy (non-hydrogen) atoms. The summed E-state index contributed by atoms with van der Waals surface area (Å²) in [6, 6.07) is 14.0. The number of aromatic nitrogens is 3. The maximum Gasteiger partial charge on any atom is 0.227 e. The molecule has 0 spiro atoms. The minimum Gasteiger partial charge on any atom is -0.495 e. The van der Waals surface area contributed by atoms with Crippen molar-refractivity contribution < 1.29 is 9.30 Å². The number of ether oxygens (including phenoxy) is 1. The average molecular weight is 462 g/mol. The first-order valence-electron chi connectivity index (χ1n) is 11.2. The van der Waals surface area contributed by atoms with Crippen molar-refractivity contribution in [2.24, 2.45) is 5.73 Å². The van der Waals surface area contributed by atoms with Gasteiger partial charge in [-0.3, -0.25) is 0 Å². The second-order valence-corrected chi connectivity index (χ2v) is 11.8. The Kier molecular flexibility index (Phi) is 5.69. The molecule has 0 saturated carbocycles. The molecule has 3 heterocycles. The van der Waals surface area contributed by atoms with Crippen LogP contribution < -0.4 is 21.1 Å². The number of rotatable bonds is 5. The van der Waals surface area contributed by atoms with Crippen LogP contribution in [0, 0.1) is 6.92 Å². The first-order chi connectivity index (χ1) is 16.0. The molecule has 2 aromatic carbocycles. The zero-order valence-electron chi connectivity index (χ0n) is 18.8. The van der Waals surface area contributed by atoms with Gasteiger partial charge in [-0.2, -0.15) is 0 Å². The fourth-order valence-corrected chi connectivity index (χ4v) is 7.40. The summed E-state index contributed by atoms with van der Waals surface area (Å²) in [6.07, 6.45) is 6.70.